The zero-order valence-corrected chi connectivity index (χ0v) is 27.9. The smallest absolute Gasteiger partial charge is 0.0731 e. The van der Waals surface area contributed by atoms with Crippen LogP contribution in [0.3, 0.4) is 0 Å². The fourth-order valence-electron chi connectivity index (χ4n) is 9.81. The molecular formula is C49H28S. The molecule has 0 amide bonds. The highest BCUT2D eigenvalue weighted by molar-refractivity contribution is 7.99. The lowest BCUT2D eigenvalue weighted by molar-refractivity contribution is 0.802. The first-order valence-electron chi connectivity index (χ1n) is 17.4. The summed E-state index contributed by atoms with van der Waals surface area (Å²) in [4.78, 5) is 2.66. The maximum Gasteiger partial charge on any atom is 0.0731 e. The monoisotopic (exact) mass is 648 g/mol. The third-order valence-electron chi connectivity index (χ3n) is 11.7. The van der Waals surface area contributed by atoms with Crippen LogP contribution in [0.4, 0.5) is 0 Å². The van der Waals surface area contributed by atoms with E-state index in [4.69, 9.17) is 0 Å². The van der Waals surface area contributed by atoms with Gasteiger partial charge in [-0.15, -0.1) is 0 Å². The maximum atomic E-state index is 2.54. The van der Waals surface area contributed by atoms with E-state index in [0.29, 0.717) is 0 Å². The predicted octanol–water partition coefficient (Wildman–Crippen LogP) is 13.3. The van der Waals surface area contributed by atoms with Gasteiger partial charge in [-0.1, -0.05) is 163 Å². The molecule has 0 N–H and O–H groups in total. The number of hydrogen-bond acceptors (Lipinski definition) is 1. The summed E-state index contributed by atoms with van der Waals surface area (Å²) in [7, 11) is 0. The van der Waals surface area contributed by atoms with E-state index < -0.39 is 5.41 Å². The molecule has 0 nitrogen and oxygen atoms in total. The molecule has 50 heavy (non-hydrogen) atoms. The molecule has 9 aromatic carbocycles. The second-order valence-corrected chi connectivity index (χ2v) is 15.0. The molecule has 1 aliphatic heterocycles. The van der Waals surface area contributed by atoms with Gasteiger partial charge < -0.3 is 0 Å². The van der Waals surface area contributed by atoms with Crippen LogP contribution in [-0.2, 0) is 5.41 Å². The van der Waals surface area contributed by atoms with Gasteiger partial charge in [0.05, 0.1) is 5.41 Å². The molecule has 0 bridgehead atoms. The van der Waals surface area contributed by atoms with Crippen molar-refractivity contribution in [3.8, 4) is 44.5 Å². The molecular weight excluding hydrogens is 621 g/mol. The Hall–Kier alpha value is -5.89. The summed E-state index contributed by atoms with van der Waals surface area (Å²) >= 11 is 1.89. The Morgan fingerprint density at radius 1 is 0.340 bits per heavy atom. The Balaban J connectivity index is 1.21. The molecule has 0 aromatic heterocycles. The minimum atomic E-state index is -0.446. The van der Waals surface area contributed by atoms with Crippen molar-refractivity contribution in [2.75, 3.05) is 0 Å². The van der Waals surface area contributed by atoms with Crippen molar-refractivity contribution in [1.82, 2.24) is 0 Å². The van der Waals surface area contributed by atoms with Gasteiger partial charge in [-0.05, 0) is 112 Å². The van der Waals surface area contributed by atoms with Gasteiger partial charge in [0, 0.05) is 15.2 Å². The average molecular weight is 649 g/mol. The summed E-state index contributed by atoms with van der Waals surface area (Å²) in [5, 5.41) is 7.97. The first-order chi connectivity index (χ1) is 24.8. The molecule has 0 saturated carbocycles. The van der Waals surface area contributed by atoms with Gasteiger partial charge in [0.15, 0.2) is 0 Å². The average Bonchev–Trinajstić information content (AvgIpc) is 3.66. The number of benzene rings is 9. The molecule has 9 aromatic rings. The lowest BCUT2D eigenvalue weighted by atomic mass is 9.68. The molecule has 1 spiro atoms. The van der Waals surface area contributed by atoms with E-state index in [1.165, 1.54) is 109 Å². The van der Waals surface area contributed by atoms with Gasteiger partial charge in [-0.25, -0.2) is 0 Å². The van der Waals surface area contributed by atoms with E-state index >= 15 is 0 Å². The number of fused-ring (bicyclic) bond motifs is 17. The lowest BCUT2D eigenvalue weighted by Crippen LogP contribution is -2.26. The molecule has 12 rings (SSSR count). The third-order valence-corrected chi connectivity index (χ3v) is 12.8. The standard InChI is InChI=1S/C49H28S/c1-3-16-37-31(12-1)32-13-2-4-17-39(32)48-47(37)40-18-6-9-22-42(40)49(48)41-21-8-5-14-33(41)34-25-24-29(28-43(34)49)30-26-27-45-46-36(30)19-11-20-38(46)35-15-7-10-23-44(35)50-45/h1-28H. The topological polar surface area (TPSA) is 0 Å². The highest BCUT2D eigenvalue weighted by Crippen LogP contribution is 2.65. The van der Waals surface area contributed by atoms with E-state index in [-0.39, 0.29) is 0 Å². The zero-order chi connectivity index (χ0) is 32.6. The van der Waals surface area contributed by atoms with Gasteiger partial charge >= 0.3 is 0 Å². The van der Waals surface area contributed by atoms with E-state index in [1.807, 2.05) is 11.8 Å². The Morgan fingerprint density at radius 2 is 0.920 bits per heavy atom. The van der Waals surface area contributed by atoms with Crippen LogP contribution < -0.4 is 0 Å². The SMILES string of the molecule is c1ccc2c(c1)Sc1ccc(-c3ccc4c(c3)C3(c5ccccc5-4)c4ccccc4-c4c3c3ccccc3c3ccccc43)c3cccc-2c13. The maximum absolute atomic E-state index is 2.54. The van der Waals surface area contributed by atoms with Crippen molar-refractivity contribution in [3.63, 3.8) is 0 Å². The van der Waals surface area contributed by atoms with E-state index in [9.17, 15) is 0 Å². The first kappa shape index (κ1) is 27.0. The fraction of sp³-hybridized carbons (Fsp3) is 0.0204. The molecule has 1 unspecified atom stereocenters. The van der Waals surface area contributed by atoms with E-state index in [1.54, 1.807) is 0 Å². The predicted molar refractivity (Wildman–Crippen MR) is 210 cm³/mol. The van der Waals surface area contributed by atoms with Gasteiger partial charge in [0.1, 0.15) is 0 Å². The minimum absolute atomic E-state index is 0.446. The summed E-state index contributed by atoms with van der Waals surface area (Å²) in [6, 6.07) is 64.2. The van der Waals surface area contributed by atoms with E-state index in [2.05, 4.69) is 170 Å². The Kier molecular flexibility index (Phi) is 5.20. The van der Waals surface area contributed by atoms with Gasteiger partial charge in [-0.3, -0.25) is 0 Å². The van der Waals surface area contributed by atoms with Crippen molar-refractivity contribution in [2.45, 2.75) is 15.2 Å². The second kappa shape index (κ2) is 9.63. The van der Waals surface area contributed by atoms with E-state index in [0.717, 1.165) is 0 Å². The van der Waals surface area contributed by atoms with Crippen LogP contribution in [0.2, 0.25) is 0 Å². The van der Waals surface area contributed by atoms with Crippen molar-refractivity contribution in [3.05, 3.63) is 192 Å². The first-order valence-corrected chi connectivity index (χ1v) is 18.3. The largest absolute Gasteiger partial charge is 0.0888 e. The summed E-state index contributed by atoms with van der Waals surface area (Å²) < 4.78 is 0. The number of hydrogen-bond donors (Lipinski definition) is 0. The number of rotatable bonds is 1. The van der Waals surface area contributed by atoms with Crippen molar-refractivity contribution >= 4 is 44.1 Å². The van der Waals surface area contributed by atoms with Crippen LogP contribution in [0.5, 0.6) is 0 Å². The fourth-order valence-corrected chi connectivity index (χ4v) is 10.9. The van der Waals surface area contributed by atoms with Crippen LogP contribution in [0.1, 0.15) is 22.3 Å². The molecule has 1 heteroatoms. The molecule has 0 saturated heterocycles. The highest BCUT2D eigenvalue weighted by Gasteiger charge is 2.53. The summed E-state index contributed by atoms with van der Waals surface area (Å²) in [6.45, 7) is 0. The van der Waals surface area contributed by atoms with Crippen LogP contribution in [0.25, 0.3) is 76.8 Å². The Morgan fingerprint density at radius 3 is 1.76 bits per heavy atom. The Labute approximate surface area is 294 Å². The third kappa shape index (κ3) is 3.20. The van der Waals surface area contributed by atoms with Gasteiger partial charge in [0.2, 0.25) is 0 Å². The van der Waals surface area contributed by atoms with Crippen LogP contribution >= 0.6 is 11.8 Å². The molecule has 0 radical (unpaired) electrons. The molecule has 1 heterocycles. The zero-order valence-electron chi connectivity index (χ0n) is 27.1. The van der Waals surface area contributed by atoms with Crippen molar-refractivity contribution < 1.29 is 0 Å². The molecule has 1 atom stereocenters. The summed E-state index contributed by atoms with van der Waals surface area (Å²) in [5.74, 6) is 0. The lowest BCUT2D eigenvalue weighted by Gasteiger charge is -2.32. The highest BCUT2D eigenvalue weighted by atomic mass is 32.2. The molecule has 3 aliphatic rings. The van der Waals surface area contributed by atoms with Gasteiger partial charge in [-0.2, -0.15) is 0 Å². The normalized spacial score (nSPS) is 16.0. The van der Waals surface area contributed by atoms with Gasteiger partial charge in [0.25, 0.3) is 0 Å². The second-order valence-electron chi connectivity index (χ2n) is 13.9. The van der Waals surface area contributed by atoms with Crippen molar-refractivity contribution in [2.24, 2.45) is 0 Å². The van der Waals surface area contributed by atoms with Crippen LogP contribution in [-0.4, -0.2) is 0 Å². The molecule has 0 fully saturated rings. The summed E-state index contributed by atoms with van der Waals surface area (Å²) in [6.07, 6.45) is 0. The molecule has 230 valence electrons. The quantitative estimate of drug-likeness (QED) is 0.160. The summed E-state index contributed by atoms with van der Waals surface area (Å²) in [5.41, 5.74) is 15.7. The molecule has 2 aliphatic carbocycles. The minimum Gasteiger partial charge on any atom is -0.0888 e. The van der Waals surface area contributed by atoms with Crippen LogP contribution in [0, 0.1) is 0 Å². The van der Waals surface area contributed by atoms with Crippen LogP contribution in [0.15, 0.2) is 180 Å². The Bertz CT molecular complexity index is 2970. The van der Waals surface area contributed by atoms with Crippen molar-refractivity contribution in [1.29, 1.82) is 0 Å².